The van der Waals surface area contributed by atoms with E-state index in [2.05, 4.69) is 32.5 Å². The van der Waals surface area contributed by atoms with Crippen LogP contribution in [0.1, 0.15) is 43.7 Å². The Hall–Kier alpha value is -2.41. The van der Waals surface area contributed by atoms with Gasteiger partial charge in [-0.25, -0.2) is 23.4 Å². The number of aliphatic hydroxyl groups is 2. The summed E-state index contributed by atoms with van der Waals surface area (Å²) in [6.07, 6.45) is -0.583. The summed E-state index contributed by atoms with van der Waals surface area (Å²) < 4.78 is 33.8. The van der Waals surface area contributed by atoms with Crippen molar-refractivity contribution in [3.63, 3.8) is 0 Å². The molecule has 2 heterocycles. The Bertz CT molecular complexity index is 1200. The third-order valence-electron chi connectivity index (χ3n) is 6.44. The first kappa shape index (κ1) is 23.3. The maximum absolute atomic E-state index is 13.7. The van der Waals surface area contributed by atoms with Crippen LogP contribution in [0.2, 0.25) is 0 Å². The van der Waals surface area contributed by atoms with E-state index in [1.807, 2.05) is 0 Å². The second-order valence-corrected chi connectivity index (χ2v) is 9.80. The third kappa shape index (κ3) is 4.23. The Morgan fingerprint density at radius 2 is 2.00 bits per heavy atom. The quantitative estimate of drug-likeness (QED) is 0.322. The number of aliphatic hydroxyl groups excluding tert-OH is 2. The predicted molar refractivity (Wildman–Crippen MR) is 122 cm³/mol. The van der Waals surface area contributed by atoms with E-state index < -0.39 is 36.0 Å². The smallest absolute Gasteiger partial charge is 0.191 e. The molecule has 182 valence electrons. The molecule has 6 unspecified atom stereocenters. The molecule has 1 aromatic carbocycles. The van der Waals surface area contributed by atoms with Gasteiger partial charge in [0.15, 0.2) is 33.8 Å². The molecular weight excluding hydrogens is 466 g/mol. The van der Waals surface area contributed by atoms with Crippen LogP contribution in [0.4, 0.5) is 14.6 Å². The highest BCUT2D eigenvalue weighted by atomic mass is 32.2. The van der Waals surface area contributed by atoms with Gasteiger partial charge in [-0.3, -0.25) is 0 Å². The summed E-state index contributed by atoms with van der Waals surface area (Å²) in [6, 6.07) is 3.40. The van der Waals surface area contributed by atoms with Crippen LogP contribution >= 0.6 is 11.8 Å². The molecule has 3 aromatic rings. The number of rotatable bonds is 8. The van der Waals surface area contributed by atoms with E-state index in [4.69, 9.17) is 4.74 Å². The molecule has 6 atom stereocenters. The van der Waals surface area contributed by atoms with E-state index in [0.717, 1.165) is 30.2 Å². The van der Waals surface area contributed by atoms with Crippen molar-refractivity contribution >= 4 is 28.7 Å². The Morgan fingerprint density at radius 3 is 2.71 bits per heavy atom. The van der Waals surface area contributed by atoms with Crippen molar-refractivity contribution in [1.82, 2.24) is 25.0 Å². The summed E-state index contributed by atoms with van der Waals surface area (Å²) in [5.41, 5.74) is 1.62. The Balaban J connectivity index is 1.45. The summed E-state index contributed by atoms with van der Waals surface area (Å²) in [7, 11) is 1.49. The molecule has 5 rings (SSSR count). The van der Waals surface area contributed by atoms with Crippen LogP contribution in [0.3, 0.4) is 0 Å². The number of methoxy groups -OCH3 is 1. The van der Waals surface area contributed by atoms with Crippen molar-refractivity contribution in [1.29, 1.82) is 0 Å². The van der Waals surface area contributed by atoms with Crippen molar-refractivity contribution < 1.29 is 23.7 Å². The summed E-state index contributed by atoms with van der Waals surface area (Å²) in [5, 5.41) is 33.3. The van der Waals surface area contributed by atoms with E-state index in [1.165, 1.54) is 29.6 Å². The summed E-state index contributed by atoms with van der Waals surface area (Å²) in [5.74, 6) is -0.377. The Morgan fingerprint density at radius 1 is 1.18 bits per heavy atom. The number of benzene rings is 1. The number of anilines is 1. The number of nitrogens with one attached hydrogen (secondary N) is 1. The van der Waals surface area contributed by atoms with Crippen LogP contribution < -0.4 is 5.32 Å². The summed E-state index contributed by atoms with van der Waals surface area (Å²) >= 11 is 1.50. The number of aromatic nitrogens is 5. The highest BCUT2D eigenvalue weighted by Gasteiger charge is 2.44. The molecule has 2 aliphatic carbocycles. The molecule has 2 saturated carbocycles. The molecule has 0 bridgehead atoms. The van der Waals surface area contributed by atoms with E-state index in [0.29, 0.717) is 28.6 Å². The van der Waals surface area contributed by atoms with Crippen molar-refractivity contribution in [2.24, 2.45) is 0 Å². The molecule has 2 fully saturated rings. The van der Waals surface area contributed by atoms with E-state index >= 15 is 0 Å². The van der Waals surface area contributed by atoms with Crippen molar-refractivity contribution in [3.8, 4) is 0 Å². The van der Waals surface area contributed by atoms with Crippen LogP contribution in [-0.2, 0) is 4.74 Å². The van der Waals surface area contributed by atoms with Gasteiger partial charge in [0.2, 0.25) is 0 Å². The maximum Gasteiger partial charge on any atom is 0.191 e. The Labute approximate surface area is 198 Å². The number of hydrogen-bond acceptors (Lipinski definition) is 9. The van der Waals surface area contributed by atoms with Crippen molar-refractivity contribution in [2.75, 3.05) is 18.2 Å². The van der Waals surface area contributed by atoms with Gasteiger partial charge in [0.1, 0.15) is 12.2 Å². The Kier molecular flexibility index (Phi) is 6.40. The highest BCUT2D eigenvalue weighted by molar-refractivity contribution is 7.99. The number of fused-ring (bicyclic) bond motifs is 1. The molecule has 3 N–H and O–H groups in total. The lowest BCUT2D eigenvalue weighted by Crippen LogP contribution is -2.32. The van der Waals surface area contributed by atoms with Crippen LogP contribution in [0.15, 0.2) is 23.4 Å². The van der Waals surface area contributed by atoms with Crippen molar-refractivity contribution in [2.45, 2.75) is 67.7 Å². The maximum atomic E-state index is 13.7. The zero-order chi connectivity index (χ0) is 24.0. The van der Waals surface area contributed by atoms with E-state index in [1.54, 1.807) is 6.07 Å². The molecule has 9 nitrogen and oxygen atoms in total. The standard InChI is InChI=1S/C22H26F2N6O3S/c1-3-6-34-22-26-20(25-14-8-11(14)10-4-5-12(23)13(24)7-10)17-21(27-22)30(29-28-17)15-9-16(33-2)19(32)18(15)31/h4-5,7,11,14-16,18-19,31-32H,3,6,8-9H2,1-2H3,(H,25,26,27). The highest BCUT2D eigenvalue weighted by Crippen LogP contribution is 2.44. The third-order valence-corrected chi connectivity index (χ3v) is 7.49. The molecule has 0 radical (unpaired) electrons. The van der Waals surface area contributed by atoms with Gasteiger partial charge in [-0.05, 0) is 30.5 Å². The number of halogens is 2. The molecular formula is C22H26F2N6O3S. The molecule has 12 heteroatoms. The van der Waals surface area contributed by atoms with Gasteiger partial charge < -0.3 is 20.3 Å². The molecule has 0 amide bonds. The molecule has 2 aromatic heterocycles. The van der Waals surface area contributed by atoms with Gasteiger partial charge in [0.25, 0.3) is 0 Å². The zero-order valence-electron chi connectivity index (χ0n) is 18.7. The monoisotopic (exact) mass is 492 g/mol. The fourth-order valence-electron chi connectivity index (χ4n) is 4.48. The van der Waals surface area contributed by atoms with Gasteiger partial charge in [0, 0.05) is 31.2 Å². The lowest BCUT2D eigenvalue weighted by atomic mass is 10.1. The van der Waals surface area contributed by atoms with Crippen LogP contribution in [0.5, 0.6) is 0 Å². The minimum Gasteiger partial charge on any atom is -0.388 e. The fourth-order valence-corrected chi connectivity index (χ4v) is 5.17. The zero-order valence-corrected chi connectivity index (χ0v) is 19.5. The normalized spacial score (nSPS) is 28.5. The number of ether oxygens (including phenoxy) is 1. The van der Waals surface area contributed by atoms with Gasteiger partial charge >= 0.3 is 0 Å². The first-order chi connectivity index (χ1) is 16.4. The summed E-state index contributed by atoms with van der Waals surface area (Å²) in [6.45, 7) is 2.06. The van der Waals surface area contributed by atoms with Crippen LogP contribution in [0.25, 0.3) is 11.2 Å². The number of nitrogens with zero attached hydrogens (tertiary/aromatic N) is 5. The average molecular weight is 493 g/mol. The van der Waals surface area contributed by atoms with Crippen LogP contribution in [-0.4, -0.2) is 72.4 Å². The second kappa shape index (κ2) is 9.33. The average Bonchev–Trinajstić information content (AvgIpc) is 3.37. The minimum atomic E-state index is -1.07. The van der Waals surface area contributed by atoms with Gasteiger partial charge in [-0.15, -0.1) is 5.10 Å². The molecule has 34 heavy (non-hydrogen) atoms. The van der Waals surface area contributed by atoms with Gasteiger partial charge in [-0.2, -0.15) is 0 Å². The SMILES string of the molecule is CCCSc1nc(NC2CC2c2ccc(F)c(F)c2)c2nnn(C3CC(OC)C(O)C3O)c2n1. The van der Waals surface area contributed by atoms with Gasteiger partial charge in [-0.1, -0.05) is 30.0 Å². The van der Waals surface area contributed by atoms with E-state index in [9.17, 15) is 19.0 Å². The lowest BCUT2D eigenvalue weighted by Gasteiger charge is -2.16. The summed E-state index contributed by atoms with van der Waals surface area (Å²) in [4.78, 5) is 9.28. The minimum absolute atomic E-state index is 0.0195. The largest absolute Gasteiger partial charge is 0.388 e. The molecule has 0 spiro atoms. The van der Waals surface area contributed by atoms with Crippen molar-refractivity contribution in [3.05, 3.63) is 35.4 Å². The van der Waals surface area contributed by atoms with Gasteiger partial charge in [0.05, 0.1) is 12.1 Å². The van der Waals surface area contributed by atoms with Crippen LogP contribution in [0, 0.1) is 11.6 Å². The first-order valence-corrected chi connectivity index (χ1v) is 12.3. The second-order valence-electron chi connectivity index (χ2n) is 8.73. The predicted octanol–water partition coefficient (Wildman–Crippen LogP) is 2.65. The topological polar surface area (TPSA) is 118 Å². The number of hydrogen-bond donors (Lipinski definition) is 3. The first-order valence-electron chi connectivity index (χ1n) is 11.3. The fraction of sp³-hybridized carbons (Fsp3) is 0.545. The molecule has 0 saturated heterocycles. The lowest BCUT2D eigenvalue weighted by molar-refractivity contribution is -0.0409. The van der Waals surface area contributed by atoms with E-state index in [-0.39, 0.29) is 12.0 Å². The molecule has 2 aliphatic rings. The molecule has 0 aliphatic heterocycles. The number of thioether (sulfide) groups is 1.